The van der Waals surface area contributed by atoms with E-state index in [-0.39, 0.29) is 0 Å². The van der Waals surface area contributed by atoms with E-state index in [1.54, 1.807) is 0 Å². The van der Waals surface area contributed by atoms with Gasteiger partial charge in [0, 0.05) is 12.0 Å². The van der Waals surface area contributed by atoms with Gasteiger partial charge in [0.15, 0.2) is 5.71 Å². The Labute approximate surface area is 98.1 Å². The summed E-state index contributed by atoms with van der Waals surface area (Å²) in [5.74, 6) is 6.16. The van der Waals surface area contributed by atoms with E-state index in [9.17, 15) is 0 Å². The number of nitrogens with zero attached hydrogens (tertiary/aromatic N) is 1. The van der Waals surface area contributed by atoms with Crippen LogP contribution in [0, 0.1) is 11.8 Å². The molecule has 0 aliphatic carbocycles. The zero-order valence-corrected chi connectivity index (χ0v) is 9.86. The minimum atomic E-state index is 0.694. The molecule has 82 valence electrons. The van der Waals surface area contributed by atoms with Gasteiger partial charge in [0.1, 0.15) is 0 Å². The molecule has 16 heavy (non-hydrogen) atoms. The van der Waals surface area contributed by atoms with Crippen molar-refractivity contribution in [2.75, 3.05) is 0 Å². The minimum Gasteiger partial charge on any atom is -0.479 e. The van der Waals surface area contributed by atoms with Gasteiger partial charge in [-0.05, 0) is 12.3 Å². The minimum absolute atomic E-state index is 0.694. The molecule has 0 amide bonds. The van der Waals surface area contributed by atoms with Gasteiger partial charge in [-0.3, -0.25) is 0 Å². The molecule has 3 heteroatoms. The van der Waals surface area contributed by atoms with Crippen molar-refractivity contribution in [2.24, 2.45) is 5.16 Å². The Bertz CT molecular complexity index is 389. The molecule has 0 aliphatic rings. The fourth-order valence-corrected chi connectivity index (χ4v) is 1.25. The van der Waals surface area contributed by atoms with Gasteiger partial charge >= 0.3 is 8.05 Å². The molecule has 0 radical (unpaired) electrons. The predicted molar refractivity (Wildman–Crippen MR) is 69.9 cm³/mol. The van der Waals surface area contributed by atoms with E-state index in [1.807, 2.05) is 30.3 Å². The highest BCUT2D eigenvalue weighted by atomic mass is 16.6. The number of hydrogen-bond donors (Lipinski definition) is 0. The van der Waals surface area contributed by atoms with E-state index >= 15 is 0 Å². The van der Waals surface area contributed by atoms with Gasteiger partial charge in [0.25, 0.3) is 0 Å². The first-order chi connectivity index (χ1) is 7.88. The number of unbranched alkanes of at least 4 members (excludes halogenated alkanes) is 2. The SMILES string of the molecule is BO/N=C(\C#CCCCC)c1ccccc1. The molecule has 0 N–H and O–H groups in total. The van der Waals surface area contributed by atoms with Crippen molar-refractivity contribution < 1.29 is 4.76 Å². The summed E-state index contributed by atoms with van der Waals surface area (Å²) >= 11 is 0. The van der Waals surface area contributed by atoms with Crippen LogP contribution in [0.2, 0.25) is 0 Å². The van der Waals surface area contributed by atoms with Crippen molar-refractivity contribution in [1.29, 1.82) is 0 Å². The smallest absolute Gasteiger partial charge is 0.360 e. The van der Waals surface area contributed by atoms with Crippen LogP contribution < -0.4 is 0 Å². The Morgan fingerprint density at radius 2 is 2.12 bits per heavy atom. The molecule has 0 bridgehead atoms. The highest BCUT2D eigenvalue weighted by Gasteiger charge is 1.98. The molecule has 1 rings (SSSR count). The third kappa shape index (κ3) is 4.23. The van der Waals surface area contributed by atoms with E-state index < -0.39 is 0 Å². The standard InChI is InChI=1S/C13H16BNO/c1-2-3-4-8-11-13(15-16-14)12-9-6-5-7-10-12/h5-7,9-10H,2-4,14H2,1H3/b15-13+. The Morgan fingerprint density at radius 3 is 2.75 bits per heavy atom. The third-order valence-corrected chi connectivity index (χ3v) is 2.09. The molecule has 0 fully saturated rings. The largest absolute Gasteiger partial charge is 0.479 e. The van der Waals surface area contributed by atoms with Crippen LogP contribution in [0.4, 0.5) is 0 Å². The summed E-state index contributed by atoms with van der Waals surface area (Å²) in [5.41, 5.74) is 1.69. The maximum Gasteiger partial charge on any atom is 0.360 e. The van der Waals surface area contributed by atoms with E-state index in [2.05, 4.69) is 23.9 Å². The third-order valence-electron chi connectivity index (χ3n) is 2.09. The van der Waals surface area contributed by atoms with E-state index in [1.165, 1.54) is 8.05 Å². The van der Waals surface area contributed by atoms with Crippen molar-refractivity contribution in [1.82, 2.24) is 0 Å². The van der Waals surface area contributed by atoms with Crippen LogP contribution in [-0.4, -0.2) is 13.8 Å². The molecule has 0 spiro atoms. The van der Waals surface area contributed by atoms with Gasteiger partial charge in [0.05, 0.1) is 0 Å². The Balaban J connectivity index is 2.76. The van der Waals surface area contributed by atoms with Crippen LogP contribution in [0.1, 0.15) is 31.7 Å². The van der Waals surface area contributed by atoms with Crippen LogP contribution in [-0.2, 0) is 4.76 Å². The Morgan fingerprint density at radius 1 is 1.38 bits per heavy atom. The van der Waals surface area contributed by atoms with Crippen molar-refractivity contribution in [3.8, 4) is 11.8 Å². The lowest BCUT2D eigenvalue weighted by molar-refractivity contribution is 0.379. The average Bonchev–Trinajstić information content (AvgIpc) is 2.34. The molecule has 0 atom stereocenters. The van der Waals surface area contributed by atoms with E-state index in [0.717, 1.165) is 24.8 Å². The van der Waals surface area contributed by atoms with Crippen LogP contribution in [0.15, 0.2) is 35.5 Å². The first-order valence-electron chi connectivity index (χ1n) is 5.54. The molecule has 1 aromatic rings. The van der Waals surface area contributed by atoms with Crippen LogP contribution in [0.3, 0.4) is 0 Å². The molecular formula is C13H16BNO. The van der Waals surface area contributed by atoms with Gasteiger partial charge in [-0.15, -0.1) is 0 Å². The summed E-state index contributed by atoms with van der Waals surface area (Å²) in [6, 6.07) is 9.86. The molecule has 0 saturated heterocycles. The lowest BCUT2D eigenvalue weighted by Gasteiger charge is -1.97. The fourth-order valence-electron chi connectivity index (χ4n) is 1.25. The number of rotatable bonds is 4. The first-order valence-corrected chi connectivity index (χ1v) is 5.54. The van der Waals surface area contributed by atoms with Crippen molar-refractivity contribution in [3.63, 3.8) is 0 Å². The molecule has 1 aromatic carbocycles. The Hall–Kier alpha value is -1.69. The average molecular weight is 213 g/mol. The summed E-state index contributed by atoms with van der Waals surface area (Å²) < 4.78 is 4.80. The van der Waals surface area contributed by atoms with Gasteiger partial charge < -0.3 is 4.76 Å². The quantitative estimate of drug-likeness (QED) is 0.247. The molecule has 0 heterocycles. The summed E-state index contributed by atoms with van der Waals surface area (Å²) in [4.78, 5) is 0. The second-order valence-electron chi connectivity index (χ2n) is 3.39. The molecule has 2 nitrogen and oxygen atoms in total. The van der Waals surface area contributed by atoms with Gasteiger partial charge in [-0.2, -0.15) is 0 Å². The van der Waals surface area contributed by atoms with Gasteiger partial charge in [-0.1, -0.05) is 54.8 Å². The summed E-state index contributed by atoms with van der Waals surface area (Å²) in [6.45, 7) is 2.16. The molecule has 0 unspecified atom stereocenters. The molecular weight excluding hydrogens is 197 g/mol. The normalized spacial score (nSPS) is 10.4. The van der Waals surface area contributed by atoms with Crippen molar-refractivity contribution in [3.05, 3.63) is 35.9 Å². The first kappa shape index (κ1) is 12.4. The molecule has 0 aliphatic heterocycles. The van der Waals surface area contributed by atoms with Crippen LogP contribution in [0.5, 0.6) is 0 Å². The number of benzene rings is 1. The number of hydrogen-bond acceptors (Lipinski definition) is 2. The van der Waals surface area contributed by atoms with E-state index in [0.29, 0.717) is 5.71 Å². The lowest BCUT2D eigenvalue weighted by Crippen LogP contribution is -1.98. The zero-order chi connectivity index (χ0) is 11.6. The maximum absolute atomic E-state index is 4.80. The summed E-state index contributed by atoms with van der Waals surface area (Å²) in [6.07, 6.45) is 3.20. The zero-order valence-electron chi connectivity index (χ0n) is 9.86. The highest BCUT2D eigenvalue weighted by Crippen LogP contribution is 2.01. The van der Waals surface area contributed by atoms with Crippen molar-refractivity contribution >= 4 is 13.8 Å². The summed E-state index contributed by atoms with van der Waals surface area (Å²) in [7, 11) is 1.54. The lowest BCUT2D eigenvalue weighted by atomic mass is 10.1. The second kappa shape index (κ2) is 7.59. The predicted octanol–water partition coefficient (Wildman–Crippen LogP) is 2.15. The second-order valence-corrected chi connectivity index (χ2v) is 3.39. The van der Waals surface area contributed by atoms with Crippen LogP contribution in [0.25, 0.3) is 0 Å². The van der Waals surface area contributed by atoms with E-state index in [4.69, 9.17) is 4.76 Å². The maximum atomic E-state index is 4.80. The van der Waals surface area contributed by atoms with Crippen LogP contribution >= 0.6 is 0 Å². The Kier molecular flexibility index (Phi) is 5.87. The number of oxime groups is 1. The van der Waals surface area contributed by atoms with Gasteiger partial charge in [-0.25, -0.2) is 0 Å². The van der Waals surface area contributed by atoms with Gasteiger partial charge in [0.2, 0.25) is 0 Å². The highest BCUT2D eigenvalue weighted by molar-refractivity contribution is 6.13. The molecule has 0 aromatic heterocycles. The fraction of sp³-hybridized carbons (Fsp3) is 0.308. The molecule has 0 saturated carbocycles. The monoisotopic (exact) mass is 213 g/mol. The topological polar surface area (TPSA) is 21.6 Å². The van der Waals surface area contributed by atoms with Crippen molar-refractivity contribution in [2.45, 2.75) is 26.2 Å². The summed E-state index contributed by atoms with van der Waals surface area (Å²) in [5, 5.41) is 3.94.